The molecule has 3 aromatic rings. The fourth-order valence-corrected chi connectivity index (χ4v) is 3.99. The number of aliphatic hydroxyl groups is 1. The predicted octanol–water partition coefficient (Wildman–Crippen LogP) is 4.50. The fraction of sp³-hybridized carbons (Fsp3) is 0.192. The van der Waals surface area contributed by atoms with Gasteiger partial charge in [-0.15, -0.1) is 0 Å². The second-order valence-electron chi connectivity index (χ2n) is 7.94. The Morgan fingerprint density at radius 1 is 1.06 bits per heavy atom. The molecule has 4 rings (SSSR count). The maximum atomic E-state index is 13.2. The van der Waals surface area contributed by atoms with Crippen molar-refractivity contribution in [1.82, 2.24) is 9.88 Å². The van der Waals surface area contributed by atoms with E-state index in [1.54, 1.807) is 42.6 Å². The van der Waals surface area contributed by atoms with Gasteiger partial charge in [0.25, 0.3) is 11.7 Å². The first-order valence-electron chi connectivity index (χ1n) is 10.4. The number of likely N-dealkylation sites (tertiary alicyclic amines) is 1. The van der Waals surface area contributed by atoms with E-state index in [4.69, 9.17) is 0 Å². The number of pyridine rings is 1. The minimum atomic E-state index is -0.809. The molecule has 0 bridgehead atoms. The zero-order chi connectivity index (χ0) is 22.8. The number of hydrogen-bond donors (Lipinski definition) is 1. The normalized spacial score (nSPS) is 17.7. The van der Waals surface area contributed by atoms with Crippen molar-refractivity contribution in [2.45, 2.75) is 26.3 Å². The zero-order valence-electron chi connectivity index (χ0n) is 17.9. The van der Waals surface area contributed by atoms with Crippen LogP contribution in [0.2, 0.25) is 0 Å². The van der Waals surface area contributed by atoms with Crippen molar-refractivity contribution in [3.05, 3.63) is 106 Å². The minimum absolute atomic E-state index is 0.0292. The lowest BCUT2D eigenvalue weighted by Crippen LogP contribution is -2.32. The number of nitrogens with zero attached hydrogens (tertiary/aromatic N) is 2. The molecule has 0 aliphatic carbocycles. The second-order valence-corrected chi connectivity index (χ2v) is 7.94. The van der Waals surface area contributed by atoms with Crippen LogP contribution in [-0.4, -0.2) is 33.2 Å². The molecule has 162 valence electrons. The molecule has 1 atom stereocenters. The predicted molar refractivity (Wildman–Crippen MR) is 119 cm³/mol. The molecule has 6 heteroatoms. The van der Waals surface area contributed by atoms with Crippen molar-refractivity contribution >= 4 is 17.4 Å². The average molecular weight is 430 g/mol. The molecule has 1 N–H and O–H groups in total. The molecule has 1 aliphatic rings. The van der Waals surface area contributed by atoms with Crippen molar-refractivity contribution in [1.29, 1.82) is 0 Å². The molecular weight excluding hydrogens is 407 g/mol. The molecule has 2 aromatic carbocycles. The van der Waals surface area contributed by atoms with Crippen molar-refractivity contribution in [3.8, 4) is 0 Å². The Bertz CT molecular complexity index is 1200. The van der Waals surface area contributed by atoms with Gasteiger partial charge in [0.2, 0.25) is 0 Å². The molecule has 1 saturated heterocycles. The van der Waals surface area contributed by atoms with Gasteiger partial charge >= 0.3 is 0 Å². The highest BCUT2D eigenvalue weighted by Crippen LogP contribution is 2.39. The third-order valence-electron chi connectivity index (χ3n) is 5.71. The van der Waals surface area contributed by atoms with Gasteiger partial charge in [0.15, 0.2) is 0 Å². The van der Waals surface area contributed by atoms with Gasteiger partial charge in [0, 0.05) is 18.3 Å². The number of Topliss-reactive ketones (excluding diaryl/α,β-unsaturated/α-hetero) is 1. The largest absolute Gasteiger partial charge is 0.507 e. The number of ketones is 1. The number of aromatic nitrogens is 1. The van der Waals surface area contributed by atoms with Crippen molar-refractivity contribution < 1.29 is 19.1 Å². The van der Waals surface area contributed by atoms with Gasteiger partial charge in [0.05, 0.1) is 11.3 Å². The Morgan fingerprint density at radius 3 is 2.50 bits per heavy atom. The standard InChI is InChI=1S/C26H23FN2O3/c1-16-6-7-17(2)20(15-16)24(30)22-23(21-5-3-4-13-28-21)29(26(32)25(22)31)14-12-18-8-10-19(27)11-9-18/h3-11,13,15,23,30H,12,14H2,1-2H3/b24-22+. The molecule has 0 saturated carbocycles. The highest BCUT2D eigenvalue weighted by molar-refractivity contribution is 6.46. The first kappa shape index (κ1) is 21.4. The Hall–Kier alpha value is -3.80. The van der Waals surface area contributed by atoms with Crippen LogP contribution in [-0.2, 0) is 16.0 Å². The van der Waals surface area contributed by atoms with E-state index in [0.29, 0.717) is 17.7 Å². The Labute approximate surface area is 185 Å². The van der Waals surface area contributed by atoms with E-state index in [9.17, 15) is 19.1 Å². The van der Waals surface area contributed by atoms with Crippen molar-refractivity contribution in [2.75, 3.05) is 6.54 Å². The lowest BCUT2D eigenvalue weighted by Gasteiger charge is -2.24. The average Bonchev–Trinajstić information content (AvgIpc) is 3.05. The third-order valence-corrected chi connectivity index (χ3v) is 5.71. The van der Waals surface area contributed by atoms with Crippen LogP contribution in [0.4, 0.5) is 4.39 Å². The number of aliphatic hydroxyl groups excluding tert-OH is 1. The van der Waals surface area contributed by atoms with Crippen LogP contribution < -0.4 is 0 Å². The maximum Gasteiger partial charge on any atom is 0.295 e. The molecule has 0 radical (unpaired) electrons. The molecule has 32 heavy (non-hydrogen) atoms. The minimum Gasteiger partial charge on any atom is -0.507 e. The lowest BCUT2D eigenvalue weighted by atomic mass is 9.95. The monoisotopic (exact) mass is 430 g/mol. The highest BCUT2D eigenvalue weighted by atomic mass is 19.1. The van der Waals surface area contributed by atoms with Crippen LogP contribution in [0.1, 0.15) is 34.0 Å². The smallest absolute Gasteiger partial charge is 0.295 e. The third kappa shape index (κ3) is 4.04. The summed E-state index contributed by atoms with van der Waals surface area (Å²) in [6.45, 7) is 3.96. The molecule has 2 heterocycles. The van der Waals surface area contributed by atoms with E-state index in [0.717, 1.165) is 16.7 Å². The van der Waals surface area contributed by atoms with Gasteiger partial charge in [-0.25, -0.2) is 4.39 Å². The Kier molecular flexibility index (Phi) is 5.86. The summed E-state index contributed by atoms with van der Waals surface area (Å²) in [5, 5.41) is 11.2. The first-order valence-corrected chi connectivity index (χ1v) is 10.4. The molecule has 5 nitrogen and oxygen atoms in total. The summed E-state index contributed by atoms with van der Waals surface area (Å²) in [5.41, 5.74) is 3.60. The van der Waals surface area contributed by atoms with Gasteiger partial charge < -0.3 is 10.0 Å². The quantitative estimate of drug-likeness (QED) is 0.368. The molecule has 1 amide bonds. The molecule has 1 aromatic heterocycles. The van der Waals surface area contributed by atoms with Crippen LogP contribution in [0, 0.1) is 19.7 Å². The van der Waals surface area contributed by atoms with E-state index in [1.807, 2.05) is 26.0 Å². The second kappa shape index (κ2) is 8.75. The lowest BCUT2D eigenvalue weighted by molar-refractivity contribution is -0.139. The topological polar surface area (TPSA) is 70.5 Å². The van der Waals surface area contributed by atoms with Crippen molar-refractivity contribution in [3.63, 3.8) is 0 Å². The van der Waals surface area contributed by atoms with Gasteiger partial charge in [-0.1, -0.05) is 35.9 Å². The van der Waals surface area contributed by atoms with Gasteiger partial charge in [-0.05, 0) is 61.7 Å². The van der Waals surface area contributed by atoms with E-state index < -0.39 is 17.7 Å². The van der Waals surface area contributed by atoms with Crippen LogP contribution in [0.25, 0.3) is 5.76 Å². The number of rotatable bonds is 5. The zero-order valence-corrected chi connectivity index (χ0v) is 17.9. The van der Waals surface area contributed by atoms with E-state index in [1.165, 1.54) is 17.0 Å². The van der Waals surface area contributed by atoms with E-state index in [2.05, 4.69) is 4.98 Å². The number of hydrogen-bond acceptors (Lipinski definition) is 4. The molecule has 1 fully saturated rings. The summed E-state index contributed by atoms with van der Waals surface area (Å²) in [6, 6.07) is 16.1. The number of benzene rings is 2. The summed E-state index contributed by atoms with van der Waals surface area (Å²) < 4.78 is 13.2. The summed E-state index contributed by atoms with van der Waals surface area (Å²) in [7, 11) is 0. The van der Waals surface area contributed by atoms with Crippen LogP contribution in [0.5, 0.6) is 0 Å². The number of aryl methyl sites for hydroxylation is 2. The van der Waals surface area contributed by atoms with Gasteiger partial charge in [-0.2, -0.15) is 0 Å². The molecule has 1 aliphatic heterocycles. The van der Waals surface area contributed by atoms with E-state index in [-0.39, 0.29) is 23.7 Å². The fourth-order valence-electron chi connectivity index (χ4n) is 3.99. The molecule has 0 spiro atoms. The van der Waals surface area contributed by atoms with Crippen LogP contribution in [0.3, 0.4) is 0 Å². The highest BCUT2D eigenvalue weighted by Gasteiger charge is 2.46. The summed E-state index contributed by atoms with van der Waals surface area (Å²) in [6.07, 6.45) is 2.02. The van der Waals surface area contributed by atoms with Crippen molar-refractivity contribution in [2.24, 2.45) is 0 Å². The number of carbonyl (C=O) groups excluding carboxylic acids is 2. The Balaban J connectivity index is 1.79. The molecule has 1 unspecified atom stereocenters. The van der Waals surface area contributed by atoms with Crippen LogP contribution >= 0.6 is 0 Å². The molecular formula is C26H23FN2O3. The SMILES string of the molecule is Cc1ccc(C)c(/C(O)=C2\C(=O)C(=O)N(CCc3ccc(F)cc3)C2c2ccccn2)c1. The van der Waals surface area contributed by atoms with Gasteiger partial charge in [0.1, 0.15) is 17.6 Å². The van der Waals surface area contributed by atoms with E-state index >= 15 is 0 Å². The summed E-state index contributed by atoms with van der Waals surface area (Å²) in [5.74, 6) is -1.96. The maximum absolute atomic E-state index is 13.2. The van der Waals surface area contributed by atoms with Crippen LogP contribution in [0.15, 0.2) is 72.4 Å². The number of amides is 1. The number of halogens is 1. The summed E-state index contributed by atoms with van der Waals surface area (Å²) >= 11 is 0. The first-order chi connectivity index (χ1) is 15.4. The number of carbonyl (C=O) groups is 2. The van der Waals surface area contributed by atoms with Gasteiger partial charge in [-0.3, -0.25) is 14.6 Å². The summed E-state index contributed by atoms with van der Waals surface area (Å²) in [4.78, 5) is 31.9. The Morgan fingerprint density at radius 2 is 1.81 bits per heavy atom.